The van der Waals surface area contributed by atoms with Gasteiger partial charge in [-0.1, -0.05) is 36.8 Å². The van der Waals surface area contributed by atoms with Crippen molar-refractivity contribution in [2.24, 2.45) is 27.9 Å². The molecule has 0 bridgehead atoms. The van der Waals surface area contributed by atoms with Gasteiger partial charge in [0, 0.05) is 13.0 Å². The Balaban J connectivity index is 2.92. The Morgan fingerprint density at radius 3 is 2.03 bits per heavy atom. The topological polar surface area (TPSA) is 261 Å². The van der Waals surface area contributed by atoms with Gasteiger partial charge in [0.15, 0.2) is 5.96 Å². The van der Waals surface area contributed by atoms with E-state index in [1.807, 2.05) is 0 Å². The first-order valence-electron chi connectivity index (χ1n) is 12.4. The number of hydrogen-bond donors (Lipinski definition) is 9. The number of aliphatic hydroxyl groups is 1. The molecule has 4 unspecified atom stereocenters. The van der Waals surface area contributed by atoms with Gasteiger partial charge in [-0.3, -0.25) is 19.4 Å². The summed E-state index contributed by atoms with van der Waals surface area (Å²) < 4.78 is 0. The second kappa shape index (κ2) is 17.7. The van der Waals surface area contributed by atoms with Crippen molar-refractivity contribution < 1.29 is 29.4 Å². The maximum absolute atomic E-state index is 13.0. The van der Waals surface area contributed by atoms with Crippen LogP contribution in [0.15, 0.2) is 35.3 Å². The van der Waals surface area contributed by atoms with E-state index in [2.05, 4.69) is 20.9 Å². The molecule has 0 heterocycles. The quantitative estimate of drug-likeness (QED) is 0.0531. The van der Waals surface area contributed by atoms with Crippen LogP contribution in [-0.4, -0.2) is 83.7 Å². The number of benzene rings is 1. The Bertz CT molecular complexity index is 926. The van der Waals surface area contributed by atoms with Crippen LogP contribution in [0.1, 0.15) is 37.7 Å². The highest BCUT2D eigenvalue weighted by Gasteiger charge is 2.30. The van der Waals surface area contributed by atoms with E-state index in [9.17, 15) is 29.4 Å². The fourth-order valence-electron chi connectivity index (χ4n) is 3.48. The van der Waals surface area contributed by atoms with E-state index in [0.29, 0.717) is 31.4 Å². The first-order valence-corrected chi connectivity index (χ1v) is 12.4. The van der Waals surface area contributed by atoms with Gasteiger partial charge in [0.25, 0.3) is 0 Å². The number of amides is 3. The summed E-state index contributed by atoms with van der Waals surface area (Å²) in [5.74, 6) is -3.63. The number of nitrogens with one attached hydrogen (secondary N) is 3. The SMILES string of the molecule is NCCCCC(N)C(=O)NC(CO)C(=O)NC(CCCN=C(N)N)C(=O)NC(Cc1ccccc1)C(=O)O. The maximum atomic E-state index is 13.0. The van der Waals surface area contributed by atoms with Crippen molar-refractivity contribution in [2.45, 2.75) is 62.7 Å². The predicted molar refractivity (Wildman–Crippen MR) is 141 cm³/mol. The summed E-state index contributed by atoms with van der Waals surface area (Å²) in [5.41, 5.74) is 22.6. The molecule has 4 atom stereocenters. The molecule has 1 aromatic rings. The molecular weight excluding hydrogens is 496 g/mol. The van der Waals surface area contributed by atoms with E-state index in [-0.39, 0.29) is 31.8 Å². The van der Waals surface area contributed by atoms with Gasteiger partial charge in [-0.15, -0.1) is 0 Å². The number of hydrogen-bond acceptors (Lipinski definition) is 8. The second-order valence-corrected chi connectivity index (χ2v) is 8.73. The van der Waals surface area contributed by atoms with Crippen LogP contribution in [0, 0.1) is 0 Å². The number of rotatable bonds is 18. The van der Waals surface area contributed by atoms with E-state index in [0.717, 1.165) is 0 Å². The van der Waals surface area contributed by atoms with Gasteiger partial charge in [-0.25, -0.2) is 4.79 Å². The zero-order chi connectivity index (χ0) is 28.5. The minimum atomic E-state index is -1.38. The van der Waals surface area contributed by atoms with Gasteiger partial charge < -0.3 is 49.1 Å². The first-order chi connectivity index (χ1) is 18.1. The van der Waals surface area contributed by atoms with Crippen molar-refractivity contribution in [3.63, 3.8) is 0 Å². The second-order valence-electron chi connectivity index (χ2n) is 8.73. The summed E-state index contributed by atoms with van der Waals surface area (Å²) in [6, 6.07) is 3.99. The molecule has 0 saturated carbocycles. The summed E-state index contributed by atoms with van der Waals surface area (Å²) in [5, 5.41) is 26.6. The molecule has 14 nitrogen and oxygen atoms in total. The number of aliphatic carboxylic acids is 1. The fraction of sp³-hybridized carbons (Fsp3) is 0.542. The Morgan fingerprint density at radius 2 is 1.45 bits per heavy atom. The summed E-state index contributed by atoms with van der Waals surface area (Å²) in [7, 11) is 0. The van der Waals surface area contributed by atoms with Crippen LogP contribution < -0.4 is 38.9 Å². The van der Waals surface area contributed by atoms with Gasteiger partial charge in [-0.2, -0.15) is 0 Å². The molecule has 212 valence electrons. The van der Waals surface area contributed by atoms with E-state index >= 15 is 0 Å². The normalized spacial score (nSPS) is 13.9. The summed E-state index contributed by atoms with van der Waals surface area (Å²) >= 11 is 0. The number of nitrogens with two attached hydrogens (primary N) is 4. The number of guanidine groups is 1. The average molecular weight is 537 g/mol. The molecule has 38 heavy (non-hydrogen) atoms. The summed E-state index contributed by atoms with van der Waals surface area (Å²) in [4.78, 5) is 53.9. The third-order valence-corrected chi connectivity index (χ3v) is 5.60. The Morgan fingerprint density at radius 1 is 0.842 bits per heavy atom. The monoisotopic (exact) mass is 536 g/mol. The van der Waals surface area contributed by atoms with Crippen molar-refractivity contribution in [1.29, 1.82) is 0 Å². The van der Waals surface area contributed by atoms with E-state index in [1.54, 1.807) is 30.3 Å². The van der Waals surface area contributed by atoms with Crippen LogP contribution in [0.2, 0.25) is 0 Å². The minimum absolute atomic E-state index is 0.0218. The van der Waals surface area contributed by atoms with Crippen molar-refractivity contribution >= 4 is 29.7 Å². The lowest BCUT2D eigenvalue weighted by Gasteiger charge is -2.24. The van der Waals surface area contributed by atoms with Crippen LogP contribution in [0.5, 0.6) is 0 Å². The number of carboxylic acid groups (broad SMARTS) is 1. The number of aliphatic imine (C=N–C) groups is 1. The van der Waals surface area contributed by atoms with Gasteiger partial charge in [0.1, 0.15) is 18.1 Å². The zero-order valence-corrected chi connectivity index (χ0v) is 21.3. The third-order valence-electron chi connectivity index (χ3n) is 5.60. The van der Waals surface area contributed by atoms with Crippen LogP contribution >= 0.6 is 0 Å². The zero-order valence-electron chi connectivity index (χ0n) is 21.3. The molecule has 0 aliphatic rings. The molecule has 1 aromatic carbocycles. The Labute approximate surface area is 221 Å². The van der Waals surface area contributed by atoms with Crippen LogP contribution in [-0.2, 0) is 25.6 Å². The molecule has 0 saturated heterocycles. The van der Waals surface area contributed by atoms with Gasteiger partial charge in [0.2, 0.25) is 17.7 Å². The molecule has 0 aromatic heterocycles. The van der Waals surface area contributed by atoms with Gasteiger partial charge in [0.05, 0.1) is 12.6 Å². The maximum Gasteiger partial charge on any atom is 0.326 e. The fourth-order valence-corrected chi connectivity index (χ4v) is 3.48. The number of carboxylic acids is 1. The van der Waals surface area contributed by atoms with E-state index in [1.165, 1.54) is 0 Å². The van der Waals surface area contributed by atoms with Crippen molar-refractivity contribution in [1.82, 2.24) is 16.0 Å². The van der Waals surface area contributed by atoms with Gasteiger partial charge >= 0.3 is 5.97 Å². The summed E-state index contributed by atoms with van der Waals surface area (Å²) in [6.45, 7) is -0.135. The molecule has 0 spiro atoms. The highest BCUT2D eigenvalue weighted by atomic mass is 16.4. The third kappa shape index (κ3) is 12.5. The molecule has 14 heteroatoms. The van der Waals surface area contributed by atoms with Crippen LogP contribution in [0.4, 0.5) is 0 Å². The highest BCUT2D eigenvalue weighted by molar-refractivity contribution is 5.94. The molecule has 1 rings (SSSR count). The molecule has 3 amide bonds. The Kier molecular flexibility index (Phi) is 15.0. The molecule has 0 radical (unpaired) electrons. The lowest BCUT2D eigenvalue weighted by atomic mass is 10.0. The van der Waals surface area contributed by atoms with E-state index < -0.39 is 54.5 Å². The molecule has 0 aliphatic carbocycles. The molecular formula is C24H40N8O6. The van der Waals surface area contributed by atoms with Crippen molar-refractivity contribution in [3.05, 3.63) is 35.9 Å². The molecule has 0 aliphatic heterocycles. The smallest absolute Gasteiger partial charge is 0.326 e. The number of nitrogens with zero attached hydrogens (tertiary/aromatic N) is 1. The van der Waals surface area contributed by atoms with Crippen molar-refractivity contribution in [2.75, 3.05) is 19.7 Å². The number of carbonyl (C=O) groups is 4. The largest absolute Gasteiger partial charge is 0.480 e. The lowest BCUT2D eigenvalue weighted by Crippen LogP contribution is -2.58. The standard InChI is InChI=1S/C24H40N8O6/c25-11-5-4-9-16(26)20(34)32-19(14-33)22(36)30-17(10-6-12-29-24(27)28)21(35)31-18(23(37)38)13-15-7-2-1-3-8-15/h1-3,7-8,16-19,33H,4-6,9-14,25-26H2,(H,30,36)(H,31,35)(H,32,34)(H,37,38)(H4,27,28,29). The lowest BCUT2D eigenvalue weighted by molar-refractivity contribution is -0.142. The highest BCUT2D eigenvalue weighted by Crippen LogP contribution is 2.06. The Hall–Kier alpha value is -3.75. The van der Waals surface area contributed by atoms with Crippen LogP contribution in [0.25, 0.3) is 0 Å². The van der Waals surface area contributed by atoms with Gasteiger partial charge in [-0.05, 0) is 37.8 Å². The first kappa shape index (κ1) is 32.3. The summed E-state index contributed by atoms with van der Waals surface area (Å²) in [6.07, 6.45) is 1.99. The number of carbonyl (C=O) groups excluding carboxylic acids is 3. The molecule has 13 N–H and O–H groups in total. The van der Waals surface area contributed by atoms with Crippen LogP contribution in [0.3, 0.4) is 0 Å². The average Bonchev–Trinajstić information content (AvgIpc) is 2.88. The minimum Gasteiger partial charge on any atom is -0.480 e. The molecule has 0 fully saturated rings. The predicted octanol–water partition coefficient (Wildman–Crippen LogP) is -2.73. The number of aliphatic hydroxyl groups excluding tert-OH is 1. The van der Waals surface area contributed by atoms with Crippen molar-refractivity contribution in [3.8, 4) is 0 Å². The van der Waals surface area contributed by atoms with E-state index in [4.69, 9.17) is 22.9 Å². The number of unbranched alkanes of at least 4 members (excludes halogenated alkanes) is 1.